The van der Waals surface area contributed by atoms with Gasteiger partial charge in [0.15, 0.2) is 5.39 Å². The van der Waals surface area contributed by atoms with E-state index >= 15 is 0 Å². The van der Waals surface area contributed by atoms with E-state index in [1.165, 1.54) is 0 Å². The van der Waals surface area contributed by atoms with Gasteiger partial charge in [-0.3, -0.25) is 14.2 Å². The van der Waals surface area contributed by atoms with E-state index < -0.39 is 0 Å². The Morgan fingerprint density at radius 2 is 1.59 bits per heavy atom. The minimum atomic E-state index is -0.362. The van der Waals surface area contributed by atoms with Crippen LogP contribution in [0.1, 0.15) is 44.1 Å². The lowest BCUT2D eigenvalue weighted by Gasteiger charge is -2.21. The van der Waals surface area contributed by atoms with E-state index in [2.05, 4.69) is 4.98 Å². The van der Waals surface area contributed by atoms with Crippen molar-refractivity contribution in [3.8, 4) is 0 Å². The van der Waals surface area contributed by atoms with Crippen molar-refractivity contribution in [1.82, 2.24) is 9.55 Å². The van der Waals surface area contributed by atoms with Gasteiger partial charge in [0.1, 0.15) is 11.4 Å². The zero-order chi connectivity index (χ0) is 19.1. The average Bonchev–Trinajstić information content (AvgIpc) is 2.68. The highest BCUT2D eigenvalue weighted by Gasteiger charge is 2.22. The molecule has 136 valence electrons. The molecule has 1 atom stereocenters. The predicted octanol–water partition coefficient (Wildman–Crippen LogP) is 4.24. The topological polar surface area (TPSA) is 65.1 Å². The van der Waals surface area contributed by atoms with Crippen LogP contribution in [-0.2, 0) is 0 Å². The quantitative estimate of drug-likeness (QED) is 0.513. The Hall–Kier alpha value is -3.21. The summed E-state index contributed by atoms with van der Waals surface area (Å²) in [4.78, 5) is 31.0. The van der Waals surface area contributed by atoms with Gasteiger partial charge in [-0.05, 0) is 24.6 Å². The van der Waals surface area contributed by atoms with Crippen LogP contribution in [0.5, 0.6) is 0 Å². The fourth-order valence-electron chi connectivity index (χ4n) is 3.44. The van der Waals surface area contributed by atoms with Crippen molar-refractivity contribution in [2.45, 2.75) is 32.7 Å². The summed E-state index contributed by atoms with van der Waals surface area (Å²) in [5, 5.41) is 0.390. The van der Waals surface area contributed by atoms with E-state index in [4.69, 9.17) is 4.42 Å². The van der Waals surface area contributed by atoms with Crippen LogP contribution in [0, 0.1) is 0 Å². The Morgan fingerprint density at radius 1 is 0.926 bits per heavy atom. The van der Waals surface area contributed by atoms with Crippen LogP contribution in [0.25, 0.3) is 22.1 Å². The molecule has 0 N–H and O–H groups in total. The molecule has 5 heteroatoms. The van der Waals surface area contributed by atoms with Gasteiger partial charge in [-0.1, -0.05) is 56.3 Å². The maximum atomic E-state index is 13.4. The van der Waals surface area contributed by atoms with Crippen molar-refractivity contribution < 1.29 is 4.42 Å². The van der Waals surface area contributed by atoms with E-state index in [1.807, 2.05) is 51.1 Å². The molecule has 4 rings (SSSR count). The van der Waals surface area contributed by atoms with Crippen LogP contribution >= 0.6 is 0 Å². The molecule has 0 amide bonds. The van der Waals surface area contributed by atoms with E-state index in [-0.39, 0.29) is 34.0 Å². The van der Waals surface area contributed by atoms with Gasteiger partial charge in [0, 0.05) is 5.92 Å². The van der Waals surface area contributed by atoms with Crippen LogP contribution in [0.4, 0.5) is 0 Å². The molecule has 1 unspecified atom stereocenters. The minimum Gasteiger partial charge on any atom is -0.437 e. The largest absolute Gasteiger partial charge is 0.437 e. The number of para-hydroxylation sites is 1. The van der Waals surface area contributed by atoms with E-state index in [9.17, 15) is 9.59 Å². The van der Waals surface area contributed by atoms with Crippen molar-refractivity contribution >= 4 is 22.1 Å². The third-order valence-electron chi connectivity index (χ3n) is 4.86. The Labute approximate surface area is 155 Å². The monoisotopic (exact) mass is 360 g/mol. The van der Waals surface area contributed by atoms with Gasteiger partial charge in [-0.15, -0.1) is 0 Å². The summed E-state index contributed by atoms with van der Waals surface area (Å²) in [5.74, 6) is 0.590. The molecule has 0 radical (unpaired) electrons. The lowest BCUT2D eigenvalue weighted by molar-refractivity contribution is 0.536. The van der Waals surface area contributed by atoms with Crippen molar-refractivity contribution in [2.24, 2.45) is 0 Å². The Bertz CT molecular complexity index is 1250. The first-order valence-corrected chi connectivity index (χ1v) is 9.02. The molecule has 0 aliphatic carbocycles. The van der Waals surface area contributed by atoms with Gasteiger partial charge in [0.05, 0.1) is 11.4 Å². The Balaban J connectivity index is 2.12. The second-order valence-electron chi connectivity index (χ2n) is 6.99. The third kappa shape index (κ3) is 2.76. The summed E-state index contributed by atoms with van der Waals surface area (Å²) in [6.45, 7) is 5.89. The normalized spacial score (nSPS) is 12.7. The van der Waals surface area contributed by atoms with E-state index in [1.54, 1.807) is 28.8 Å². The minimum absolute atomic E-state index is 0.000816. The lowest BCUT2D eigenvalue weighted by atomic mass is 10.1. The van der Waals surface area contributed by atoms with Gasteiger partial charge in [0.25, 0.3) is 5.56 Å². The maximum Gasteiger partial charge on any atom is 0.269 e. The highest BCUT2D eigenvalue weighted by molar-refractivity contribution is 5.87. The Morgan fingerprint density at radius 3 is 2.30 bits per heavy atom. The molecule has 0 saturated carbocycles. The molecular weight excluding hydrogens is 340 g/mol. The van der Waals surface area contributed by atoms with Crippen molar-refractivity contribution in [2.75, 3.05) is 0 Å². The van der Waals surface area contributed by atoms with E-state index in [0.717, 1.165) is 5.56 Å². The van der Waals surface area contributed by atoms with Crippen molar-refractivity contribution in [1.29, 1.82) is 0 Å². The number of hydrogen-bond acceptors (Lipinski definition) is 4. The molecule has 5 nitrogen and oxygen atoms in total. The number of aromatic nitrogens is 2. The average molecular weight is 360 g/mol. The molecule has 4 aromatic rings. The molecule has 0 fully saturated rings. The first-order valence-electron chi connectivity index (χ1n) is 9.02. The molecule has 27 heavy (non-hydrogen) atoms. The summed E-state index contributed by atoms with van der Waals surface area (Å²) in [6, 6.07) is 16.4. The molecule has 2 aromatic heterocycles. The Kier molecular flexibility index (Phi) is 4.15. The number of nitrogens with zero attached hydrogens (tertiary/aromatic N) is 2. The molecule has 2 aromatic carbocycles. The van der Waals surface area contributed by atoms with Gasteiger partial charge in [-0.2, -0.15) is 4.98 Å². The first kappa shape index (κ1) is 17.2. The van der Waals surface area contributed by atoms with Crippen LogP contribution in [0.3, 0.4) is 0 Å². The molecular formula is C22H20N2O3. The highest BCUT2D eigenvalue weighted by atomic mass is 16.3. The first-order chi connectivity index (χ1) is 13.0. The molecule has 2 heterocycles. The molecule has 0 spiro atoms. The lowest BCUT2D eigenvalue weighted by Crippen LogP contribution is -2.32. The fourth-order valence-corrected chi connectivity index (χ4v) is 3.44. The number of hydrogen-bond donors (Lipinski definition) is 0. The number of fused-ring (bicyclic) bond motifs is 2. The number of benzene rings is 2. The molecule has 0 aliphatic rings. The van der Waals surface area contributed by atoms with Gasteiger partial charge < -0.3 is 4.42 Å². The van der Waals surface area contributed by atoms with Gasteiger partial charge >= 0.3 is 0 Å². The standard InChI is InChI=1S/C22H20N2O3/c1-13(2)20-23-21-18(19(25)16-11-7-8-12-17(16)27-21)22(26)24(20)14(3)15-9-5-4-6-10-15/h4-14H,1-3H3. The summed E-state index contributed by atoms with van der Waals surface area (Å²) in [5.41, 5.74) is 0.815. The summed E-state index contributed by atoms with van der Waals surface area (Å²) < 4.78 is 7.43. The fraction of sp³-hybridized carbons (Fsp3) is 0.227. The molecule has 0 aliphatic heterocycles. The molecule has 0 bridgehead atoms. The smallest absolute Gasteiger partial charge is 0.269 e. The highest BCUT2D eigenvalue weighted by Crippen LogP contribution is 2.23. The zero-order valence-electron chi connectivity index (χ0n) is 15.5. The number of rotatable bonds is 3. The summed E-state index contributed by atoms with van der Waals surface area (Å²) in [7, 11) is 0. The summed E-state index contributed by atoms with van der Waals surface area (Å²) in [6.07, 6.45) is 0. The maximum absolute atomic E-state index is 13.4. The van der Waals surface area contributed by atoms with Crippen LogP contribution in [0.2, 0.25) is 0 Å². The third-order valence-corrected chi connectivity index (χ3v) is 4.86. The second-order valence-corrected chi connectivity index (χ2v) is 6.99. The van der Waals surface area contributed by atoms with Crippen LogP contribution < -0.4 is 11.0 Å². The van der Waals surface area contributed by atoms with Crippen molar-refractivity contribution in [3.63, 3.8) is 0 Å². The van der Waals surface area contributed by atoms with Crippen LogP contribution in [-0.4, -0.2) is 9.55 Å². The van der Waals surface area contributed by atoms with E-state index in [0.29, 0.717) is 16.8 Å². The zero-order valence-corrected chi connectivity index (χ0v) is 15.5. The SMILES string of the molecule is CC(C)c1nc2oc3ccccc3c(=O)c2c(=O)n1C(C)c1ccccc1. The van der Waals surface area contributed by atoms with Crippen LogP contribution in [0.15, 0.2) is 68.6 Å². The van der Waals surface area contributed by atoms with Gasteiger partial charge in [0.2, 0.25) is 11.1 Å². The van der Waals surface area contributed by atoms with Gasteiger partial charge in [-0.25, -0.2) is 0 Å². The summed E-state index contributed by atoms with van der Waals surface area (Å²) >= 11 is 0. The molecule has 0 saturated heterocycles. The van der Waals surface area contributed by atoms with Crippen molar-refractivity contribution in [3.05, 3.63) is 86.6 Å². The predicted molar refractivity (Wildman–Crippen MR) is 106 cm³/mol. The second kappa shape index (κ2) is 6.50.